The number of likely N-dealkylation sites (tertiary alicyclic amines) is 1. The third kappa shape index (κ3) is 2.33. The Kier molecular flexibility index (Phi) is 3.44. The van der Waals surface area contributed by atoms with Crippen molar-refractivity contribution >= 4 is 5.69 Å². The number of piperidine rings is 1. The molecule has 1 atom stereocenters. The predicted molar refractivity (Wildman–Crippen MR) is 77.2 cm³/mol. The summed E-state index contributed by atoms with van der Waals surface area (Å²) in [5.41, 5.74) is 3.91. The highest BCUT2D eigenvalue weighted by Gasteiger charge is 2.24. The van der Waals surface area contributed by atoms with Gasteiger partial charge in [0.15, 0.2) is 0 Å². The molecule has 0 aliphatic carbocycles. The summed E-state index contributed by atoms with van der Waals surface area (Å²) in [5.74, 6) is 0. The van der Waals surface area contributed by atoms with Gasteiger partial charge in [-0.2, -0.15) is 5.26 Å². The van der Waals surface area contributed by atoms with Crippen LogP contribution >= 0.6 is 0 Å². The lowest BCUT2D eigenvalue weighted by molar-refractivity contribution is 0.196. The van der Waals surface area contributed by atoms with Crippen molar-refractivity contribution in [2.75, 3.05) is 31.6 Å². The van der Waals surface area contributed by atoms with Gasteiger partial charge in [-0.25, -0.2) is 0 Å². The zero-order chi connectivity index (χ0) is 13.2. The van der Waals surface area contributed by atoms with Crippen LogP contribution in [0.15, 0.2) is 18.2 Å². The van der Waals surface area contributed by atoms with Gasteiger partial charge in [0, 0.05) is 19.3 Å². The molecule has 1 aromatic carbocycles. The molecule has 0 N–H and O–H groups in total. The Hall–Kier alpha value is -1.53. The maximum atomic E-state index is 9.53. The Bertz CT molecular complexity index is 497. The summed E-state index contributed by atoms with van der Waals surface area (Å²) in [4.78, 5) is 4.63. The molecule has 0 amide bonds. The molecule has 3 heteroatoms. The number of rotatable bonds is 2. The van der Waals surface area contributed by atoms with Crippen molar-refractivity contribution in [3.63, 3.8) is 0 Å². The standard InChI is InChI=1S/C16H21N3/c1-18-10-7-14-11-13(5-6-15(14)18)16(12-17)19-8-3-2-4-9-19/h5-6,11,16H,2-4,7-10H2,1H3. The molecular weight excluding hydrogens is 234 g/mol. The third-order valence-corrected chi connectivity index (χ3v) is 4.43. The van der Waals surface area contributed by atoms with E-state index in [4.69, 9.17) is 0 Å². The summed E-state index contributed by atoms with van der Waals surface area (Å²) in [5, 5.41) is 9.53. The molecule has 0 spiro atoms. The van der Waals surface area contributed by atoms with Crippen LogP contribution in [0.2, 0.25) is 0 Å². The summed E-state index contributed by atoms with van der Waals surface area (Å²) in [6.07, 6.45) is 4.87. The molecule has 2 aliphatic rings. The molecule has 2 heterocycles. The molecular formula is C16H21N3. The average molecular weight is 255 g/mol. The molecule has 0 bridgehead atoms. The molecule has 100 valence electrons. The van der Waals surface area contributed by atoms with Crippen LogP contribution in [0.4, 0.5) is 5.69 Å². The van der Waals surface area contributed by atoms with Crippen LogP contribution in [-0.4, -0.2) is 31.6 Å². The highest BCUT2D eigenvalue weighted by atomic mass is 15.2. The summed E-state index contributed by atoms with van der Waals surface area (Å²) in [6, 6.07) is 9.02. The highest BCUT2D eigenvalue weighted by Crippen LogP contribution is 2.31. The van der Waals surface area contributed by atoms with Gasteiger partial charge in [0.05, 0.1) is 6.07 Å². The van der Waals surface area contributed by atoms with E-state index in [9.17, 15) is 5.26 Å². The molecule has 1 saturated heterocycles. The van der Waals surface area contributed by atoms with Crippen molar-refractivity contribution in [3.05, 3.63) is 29.3 Å². The predicted octanol–water partition coefficient (Wildman–Crippen LogP) is 2.73. The van der Waals surface area contributed by atoms with E-state index in [1.54, 1.807) is 0 Å². The number of hydrogen-bond acceptors (Lipinski definition) is 3. The topological polar surface area (TPSA) is 30.3 Å². The third-order valence-electron chi connectivity index (χ3n) is 4.43. The van der Waals surface area contributed by atoms with Crippen LogP contribution in [0, 0.1) is 11.3 Å². The molecule has 19 heavy (non-hydrogen) atoms. The number of hydrogen-bond donors (Lipinski definition) is 0. The van der Waals surface area contributed by atoms with Gasteiger partial charge in [-0.3, -0.25) is 4.90 Å². The second kappa shape index (κ2) is 5.22. The first-order valence-corrected chi connectivity index (χ1v) is 7.27. The van der Waals surface area contributed by atoms with E-state index in [0.29, 0.717) is 0 Å². The van der Waals surface area contributed by atoms with E-state index in [2.05, 4.69) is 41.1 Å². The number of fused-ring (bicyclic) bond motifs is 1. The fourth-order valence-electron chi connectivity index (χ4n) is 3.30. The van der Waals surface area contributed by atoms with Crippen molar-refractivity contribution in [1.82, 2.24) is 4.90 Å². The summed E-state index contributed by atoms with van der Waals surface area (Å²) < 4.78 is 0. The Morgan fingerprint density at radius 2 is 1.95 bits per heavy atom. The van der Waals surface area contributed by atoms with Gasteiger partial charge >= 0.3 is 0 Å². The van der Waals surface area contributed by atoms with E-state index >= 15 is 0 Å². The Morgan fingerprint density at radius 3 is 2.68 bits per heavy atom. The van der Waals surface area contributed by atoms with Gasteiger partial charge in [0.1, 0.15) is 6.04 Å². The SMILES string of the molecule is CN1CCc2cc(C(C#N)N3CCCCC3)ccc21. The number of nitrogens with zero attached hydrogens (tertiary/aromatic N) is 3. The molecule has 3 rings (SSSR count). The number of nitriles is 1. The smallest absolute Gasteiger partial charge is 0.123 e. The first-order chi connectivity index (χ1) is 9.29. The van der Waals surface area contributed by atoms with Gasteiger partial charge in [0.25, 0.3) is 0 Å². The quantitative estimate of drug-likeness (QED) is 0.814. The van der Waals surface area contributed by atoms with Crippen molar-refractivity contribution in [2.24, 2.45) is 0 Å². The maximum absolute atomic E-state index is 9.53. The van der Waals surface area contributed by atoms with Gasteiger partial charge in [-0.15, -0.1) is 0 Å². The number of benzene rings is 1. The van der Waals surface area contributed by atoms with Gasteiger partial charge < -0.3 is 4.90 Å². The minimum atomic E-state index is -0.0588. The molecule has 1 aromatic rings. The molecule has 0 aromatic heterocycles. The van der Waals surface area contributed by atoms with Gasteiger partial charge in [0.2, 0.25) is 0 Å². The lowest BCUT2D eigenvalue weighted by Gasteiger charge is -2.31. The van der Waals surface area contributed by atoms with Crippen LogP contribution in [0.3, 0.4) is 0 Å². The van der Waals surface area contributed by atoms with Crippen LogP contribution < -0.4 is 4.90 Å². The fourth-order valence-corrected chi connectivity index (χ4v) is 3.30. The largest absolute Gasteiger partial charge is 0.374 e. The molecule has 1 fully saturated rings. The van der Waals surface area contributed by atoms with Crippen molar-refractivity contribution in [1.29, 1.82) is 5.26 Å². The second-order valence-corrected chi connectivity index (χ2v) is 5.69. The second-order valence-electron chi connectivity index (χ2n) is 5.69. The monoisotopic (exact) mass is 255 g/mol. The van der Waals surface area contributed by atoms with Gasteiger partial charge in [-0.05, 0) is 49.5 Å². The number of likely N-dealkylation sites (N-methyl/N-ethyl adjacent to an activating group) is 1. The van der Waals surface area contributed by atoms with E-state index in [1.807, 2.05) is 0 Å². The van der Waals surface area contributed by atoms with Gasteiger partial charge in [-0.1, -0.05) is 18.6 Å². The highest BCUT2D eigenvalue weighted by molar-refractivity contribution is 5.59. The molecule has 2 aliphatic heterocycles. The zero-order valence-electron chi connectivity index (χ0n) is 11.6. The Labute approximate surface area is 115 Å². The number of anilines is 1. The van der Waals surface area contributed by atoms with E-state index in [0.717, 1.165) is 26.1 Å². The Morgan fingerprint density at radius 1 is 1.16 bits per heavy atom. The lowest BCUT2D eigenvalue weighted by Crippen LogP contribution is -2.33. The van der Waals surface area contributed by atoms with Crippen LogP contribution in [0.25, 0.3) is 0 Å². The minimum Gasteiger partial charge on any atom is -0.374 e. The normalized spacial score (nSPS) is 20.9. The van der Waals surface area contributed by atoms with Crippen molar-refractivity contribution < 1.29 is 0 Å². The summed E-state index contributed by atoms with van der Waals surface area (Å²) >= 11 is 0. The van der Waals surface area contributed by atoms with E-state index in [-0.39, 0.29) is 6.04 Å². The maximum Gasteiger partial charge on any atom is 0.123 e. The lowest BCUT2D eigenvalue weighted by atomic mass is 10.00. The van der Waals surface area contributed by atoms with E-state index < -0.39 is 0 Å². The van der Waals surface area contributed by atoms with Crippen LogP contribution in [0.1, 0.15) is 36.4 Å². The summed E-state index contributed by atoms with van der Waals surface area (Å²) in [7, 11) is 2.14. The van der Waals surface area contributed by atoms with Crippen molar-refractivity contribution in [3.8, 4) is 6.07 Å². The Balaban J connectivity index is 1.86. The van der Waals surface area contributed by atoms with Crippen LogP contribution in [-0.2, 0) is 6.42 Å². The molecule has 1 unspecified atom stereocenters. The minimum absolute atomic E-state index is 0.0588. The van der Waals surface area contributed by atoms with Crippen LogP contribution in [0.5, 0.6) is 0 Å². The van der Waals surface area contributed by atoms with E-state index in [1.165, 1.54) is 36.1 Å². The van der Waals surface area contributed by atoms with Crippen molar-refractivity contribution in [2.45, 2.75) is 31.7 Å². The summed E-state index contributed by atoms with van der Waals surface area (Å²) in [6.45, 7) is 3.23. The molecule has 0 saturated carbocycles. The zero-order valence-corrected chi connectivity index (χ0v) is 11.6. The fraction of sp³-hybridized carbons (Fsp3) is 0.562. The molecule has 0 radical (unpaired) electrons. The first-order valence-electron chi connectivity index (χ1n) is 7.27. The first kappa shape index (κ1) is 12.5. The average Bonchev–Trinajstić information content (AvgIpc) is 2.82. The molecule has 3 nitrogen and oxygen atoms in total.